The number of halogens is 1. The van der Waals surface area contributed by atoms with Gasteiger partial charge >= 0.3 is 0 Å². The molecule has 126 valence electrons. The highest BCUT2D eigenvalue weighted by Crippen LogP contribution is 2.36. The SMILES string of the molecule is COc1ccc(OC)c2c1C(=O)C=C(C(=O)c1ccccc1I)C2=O. The maximum atomic E-state index is 13.0. The molecule has 5 nitrogen and oxygen atoms in total. The van der Waals surface area contributed by atoms with Crippen molar-refractivity contribution in [2.24, 2.45) is 0 Å². The van der Waals surface area contributed by atoms with Gasteiger partial charge in [0, 0.05) is 15.2 Å². The fourth-order valence-electron chi connectivity index (χ4n) is 2.74. The molecule has 6 heteroatoms. The van der Waals surface area contributed by atoms with Gasteiger partial charge in [0.1, 0.15) is 11.5 Å². The molecule has 0 saturated carbocycles. The van der Waals surface area contributed by atoms with Gasteiger partial charge in [-0.05, 0) is 46.9 Å². The first-order valence-corrected chi connectivity index (χ1v) is 8.42. The smallest absolute Gasteiger partial charge is 0.201 e. The summed E-state index contributed by atoms with van der Waals surface area (Å²) in [4.78, 5) is 38.4. The fourth-order valence-corrected chi connectivity index (χ4v) is 3.37. The van der Waals surface area contributed by atoms with Gasteiger partial charge in [-0.3, -0.25) is 14.4 Å². The summed E-state index contributed by atoms with van der Waals surface area (Å²) in [5.41, 5.74) is 0.378. The van der Waals surface area contributed by atoms with Crippen LogP contribution in [-0.2, 0) is 0 Å². The van der Waals surface area contributed by atoms with Crippen molar-refractivity contribution >= 4 is 39.9 Å². The minimum absolute atomic E-state index is 0.0589. The number of hydrogen-bond donors (Lipinski definition) is 0. The maximum absolute atomic E-state index is 13.0. The number of fused-ring (bicyclic) bond motifs is 1. The molecule has 0 aromatic heterocycles. The predicted octanol–water partition coefficient (Wildman–Crippen LogP) is 3.50. The van der Waals surface area contributed by atoms with Crippen molar-refractivity contribution in [3.05, 3.63) is 68.3 Å². The Hall–Kier alpha value is -2.48. The molecule has 1 aliphatic carbocycles. The summed E-state index contributed by atoms with van der Waals surface area (Å²) in [6.45, 7) is 0. The van der Waals surface area contributed by atoms with Crippen molar-refractivity contribution in [2.45, 2.75) is 0 Å². The van der Waals surface area contributed by atoms with Crippen molar-refractivity contribution in [3.63, 3.8) is 0 Å². The van der Waals surface area contributed by atoms with Gasteiger partial charge in [-0.2, -0.15) is 0 Å². The molecule has 25 heavy (non-hydrogen) atoms. The topological polar surface area (TPSA) is 69.7 Å². The van der Waals surface area contributed by atoms with Gasteiger partial charge in [0.05, 0.1) is 30.9 Å². The minimum Gasteiger partial charge on any atom is -0.496 e. The second-order valence-corrected chi connectivity index (χ2v) is 6.44. The highest BCUT2D eigenvalue weighted by molar-refractivity contribution is 14.1. The molecule has 2 aromatic rings. The first-order chi connectivity index (χ1) is 12.0. The van der Waals surface area contributed by atoms with E-state index in [0.29, 0.717) is 9.13 Å². The molecule has 0 N–H and O–H groups in total. The molecular formula is C19H13IO5. The Morgan fingerprint density at radius 2 is 1.52 bits per heavy atom. The lowest BCUT2D eigenvalue weighted by Gasteiger charge is -2.19. The third kappa shape index (κ3) is 2.86. The van der Waals surface area contributed by atoms with Crippen molar-refractivity contribution in [3.8, 4) is 11.5 Å². The van der Waals surface area contributed by atoms with Crippen LogP contribution in [0.1, 0.15) is 31.1 Å². The van der Waals surface area contributed by atoms with E-state index in [0.717, 1.165) is 6.08 Å². The lowest BCUT2D eigenvalue weighted by molar-refractivity contribution is 0.0931. The second-order valence-electron chi connectivity index (χ2n) is 5.28. The molecule has 0 aliphatic heterocycles. The summed E-state index contributed by atoms with van der Waals surface area (Å²) >= 11 is 2.02. The predicted molar refractivity (Wildman–Crippen MR) is 99.8 cm³/mol. The van der Waals surface area contributed by atoms with E-state index in [9.17, 15) is 14.4 Å². The first kappa shape index (κ1) is 17.3. The Bertz CT molecular complexity index is 943. The average molecular weight is 448 g/mol. The van der Waals surface area contributed by atoms with Crippen molar-refractivity contribution in [1.82, 2.24) is 0 Å². The molecule has 0 heterocycles. The van der Waals surface area contributed by atoms with E-state index in [1.807, 2.05) is 22.6 Å². The number of benzene rings is 2. The standard InChI is InChI=1S/C19H13IO5/c1-24-14-7-8-15(25-2)17-16(14)13(21)9-11(19(17)23)18(22)10-5-3-4-6-12(10)20/h3-9H,1-2H3. The molecule has 0 radical (unpaired) electrons. The molecule has 0 unspecified atom stereocenters. The zero-order chi connectivity index (χ0) is 18.1. The van der Waals surface area contributed by atoms with E-state index >= 15 is 0 Å². The van der Waals surface area contributed by atoms with Gasteiger partial charge in [0.2, 0.25) is 5.78 Å². The van der Waals surface area contributed by atoms with Crippen molar-refractivity contribution in [2.75, 3.05) is 14.2 Å². The van der Waals surface area contributed by atoms with Crippen LogP contribution in [0.5, 0.6) is 11.5 Å². The average Bonchev–Trinajstić information content (AvgIpc) is 2.63. The zero-order valence-corrected chi connectivity index (χ0v) is 15.6. The van der Waals surface area contributed by atoms with E-state index in [4.69, 9.17) is 9.47 Å². The third-order valence-corrected chi connectivity index (χ3v) is 4.87. The van der Waals surface area contributed by atoms with E-state index in [1.165, 1.54) is 14.2 Å². The molecule has 0 fully saturated rings. The van der Waals surface area contributed by atoms with E-state index in [2.05, 4.69) is 0 Å². The molecule has 0 saturated heterocycles. The number of hydrogen-bond acceptors (Lipinski definition) is 5. The Morgan fingerprint density at radius 3 is 2.12 bits per heavy atom. The van der Waals surface area contributed by atoms with E-state index in [1.54, 1.807) is 36.4 Å². The third-order valence-electron chi connectivity index (χ3n) is 3.93. The van der Waals surface area contributed by atoms with Crippen LogP contribution >= 0.6 is 22.6 Å². The van der Waals surface area contributed by atoms with E-state index < -0.39 is 17.3 Å². The Morgan fingerprint density at radius 1 is 0.920 bits per heavy atom. The molecule has 2 aromatic carbocycles. The van der Waals surface area contributed by atoms with Crippen LogP contribution in [0.4, 0.5) is 0 Å². The number of methoxy groups -OCH3 is 2. The zero-order valence-electron chi connectivity index (χ0n) is 13.5. The van der Waals surface area contributed by atoms with Gasteiger partial charge < -0.3 is 9.47 Å². The van der Waals surface area contributed by atoms with Crippen LogP contribution in [0.3, 0.4) is 0 Å². The quantitative estimate of drug-likeness (QED) is 0.407. The van der Waals surface area contributed by atoms with Gasteiger partial charge in [0.25, 0.3) is 0 Å². The summed E-state index contributed by atoms with van der Waals surface area (Å²) in [7, 11) is 2.82. The molecule has 0 bridgehead atoms. The molecule has 0 atom stereocenters. The van der Waals surface area contributed by atoms with Crippen LogP contribution < -0.4 is 9.47 Å². The number of ketones is 3. The number of carbonyl (C=O) groups excluding carboxylic acids is 3. The van der Waals surface area contributed by atoms with Crippen LogP contribution in [0.15, 0.2) is 48.0 Å². The number of allylic oxidation sites excluding steroid dienone is 2. The summed E-state index contributed by atoms with van der Waals surface area (Å²) in [5.74, 6) is -0.991. The van der Waals surface area contributed by atoms with Crippen molar-refractivity contribution in [1.29, 1.82) is 0 Å². The fraction of sp³-hybridized carbons (Fsp3) is 0.105. The Kier molecular flexibility index (Phi) is 4.71. The Labute approximate surface area is 157 Å². The molecular weight excluding hydrogens is 435 g/mol. The second kappa shape index (κ2) is 6.79. The normalized spacial score (nSPS) is 13.2. The van der Waals surface area contributed by atoms with Gasteiger partial charge in [0.15, 0.2) is 11.6 Å². The number of Topliss-reactive ketones (excluding diaryl/α,β-unsaturated/α-hetero) is 2. The number of rotatable bonds is 4. The maximum Gasteiger partial charge on any atom is 0.201 e. The van der Waals surface area contributed by atoms with Gasteiger partial charge in [-0.25, -0.2) is 0 Å². The molecule has 1 aliphatic rings. The highest BCUT2D eigenvalue weighted by atomic mass is 127. The lowest BCUT2D eigenvalue weighted by Crippen LogP contribution is -2.24. The monoisotopic (exact) mass is 448 g/mol. The van der Waals surface area contributed by atoms with Crippen LogP contribution in [-0.4, -0.2) is 31.6 Å². The molecule has 0 amide bonds. The number of ether oxygens (including phenoxy) is 2. The van der Waals surface area contributed by atoms with Gasteiger partial charge in [-0.1, -0.05) is 12.1 Å². The largest absolute Gasteiger partial charge is 0.496 e. The molecule has 3 rings (SSSR count). The first-order valence-electron chi connectivity index (χ1n) is 7.34. The van der Waals surface area contributed by atoms with Crippen molar-refractivity contribution < 1.29 is 23.9 Å². The van der Waals surface area contributed by atoms with E-state index in [-0.39, 0.29) is 28.2 Å². The Balaban J connectivity index is 2.17. The lowest BCUT2D eigenvalue weighted by atomic mass is 9.85. The summed E-state index contributed by atoms with van der Waals surface area (Å²) in [6.07, 6.45) is 1.08. The van der Waals surface area contributed by atoms with Crippen LogP contribution in [0.2, 0.25) is 0 Å². The summed E-state index contributed by atoms with van der Waals surface area (Å²) in [5, 5.41) is 0. The summed E-state index contributed by atoms with van der Waals surface area (Å²) in [6, 6.07) is 10.0. The highest BCUT2D eigenvalue weighted by Gasteiger charge is 2.35. The van der Waals surface area contributed by atoms with Crippen LogP contribution in [0, 0.1) is 3.57 Å². The minimum atomic E-state index is -0.546. The summed E-state index contributed by atoms with van der Waals surface area (Å²) < 4.78 is 11.1. The number of carbonyl (C=O) groups is 3. The molecule has 0 spiro atoms. The van der Waals surface area contributed by atoms with Gasteiger partial charge in [-0.15, -0.1) is 0 Å². The van der Waals surface area contributed by atoms with Crippen LogP contribution in [0.25, 0.3) is 0 Å².